The van der Waals surface area contributed by atoms with Crippen LogP contribution in [0.25, 0.3) is 11.1 Å². The molecule has 0 amide bonds. The summed E-state index contributed by atoms with van der Waals surface area (Å²) in [5, 5.41) is 4.63. The van der Waals surface area contributed by atoms with E-state index in [0.29, 0.717) is 5.92 Å². The predicted octanol–water partition coefficient (Wildman–Crippen LogP) is 4.34. The monoisotopic (exact) mass is 321 g/mol. The van der Waals surface area contributed by atoms with Gasteiger partial charge in [-0.2, -0.15) is 5.10 Å². The van der Waals surface area contributed by atoms with Gasteiger partial charge in [0.25, 0.3) is 0 Å². The van der Waals surface area contributed by atoms with Gasteiger partial charge in [0, 0.05) is 23.0 Å². The van der Waals surface area contributed by atoms with E-state index < -0.39 is 0 Å². The van der Waals surface area contributed by atoms with E-state index in [9.17, 15) is 0 Å². The zero-order valence-corrected chi connectivity index (χ0v) is 13.2. The zero-order chi connectivity index (χ0) is 14.0. The van der Waals surface area contributed by atoms with Gasteiger partial charge in [-0.05, 0) is 30.5 Å². The van der Waals surface area contributed by atoms with E-state index >= 15 is 0 Å². The lowest BCUT2D eigenvalue weighted by Crippen LogP contribution is -1.99. The second-order valence-electron chi connectivity index (χ2n) is 4.79. The van der Waals surface area contributed by atoms with Crippen LogP contribution in [0.2, 0.25) is 0 Å². The Morgan fingerprint density at radius 3 is 2.58 bits per heavy atom. The third-order valence-corrected chi connectivity index (χ3v) is 4.10. The van der Waals surface area contributed by atoms with Crippen LogP contribution in [-0.2, 0) is 7.05 Å². The van der Waals surface area contributed by atoms with Crippen LogP contribution in [0.3, 0.4) is 0 Å². The van der Waals surface area contributed by atoms with Crippen molar-refractivity contribution in [2.75, 3.05) is 5.73 Å². The Labute approximate surface area is 122 Å². The zero-order valence-electron chi connectivity index (χ0n) is 11.7. The van der Waals surface area contributed by atoms with E-state index in [1.165, 1.54) is 0 Å². The van der Waals surface area contributed by atoms with Crippen LogP contribution in [0.1, 0.15) is 38.3 Å². The lowest BCUT2D eigenvalue weighted by Gasteiger charge is -2.12. The van der Waals surface area contributed by atoms with Crippen LogP contribution in [0.5, 0.6) is 0 Å². The topological polar surface area (TPSA) is 43.8 Å². The molecule has 0 fully saturated rings. The van der Waals surface area contributed by atoms with Gasteiger partial charge >= 0.3 is 0 Å². The van der Waals surface area contributed by atoms with Gasteiger partial charge in [-0.25, -0.2) is 0 Å². The fourth-order valence-corrected chi connectivity index (χ4v) is 2.86. The first-order valence-corrected chi connectivity index (χ1v) is 7.46. The summed E-state index contributed by atoms with van der Waals surface area (Å²) >= 11 is 3.52. The molecule has 0 aliphatic rings. The fourth-order valence-electron chi connectivity index (χ4n) is 2.46. The summed E-state index contributed by atoms with van der Waals surface area (Å²) < 4.78 is 2.84. The van der Waals surface area contributed by atoms with Crippen LogP contribution in [0.4, 0.5) is 5.82 Å². The van der Waals surface area contributed by atoms with Crippen molar-refractivity contribution in [1.82, 2.24) is 9.78 Å². The number of hydrogen-bond donors (Lipinski definition) is 1. The van der Waals surface area contributed by atoms with Crippen molar-refractivity contribution in [3.05, 3.63) is 34.4 Å². The molecule has 0 aliphatic carbocycles. The molecule has 0 saturated carbocycles. The molecule has 102 valence electrons. The van der Waals surface area contributed by atoms with Crippen molar-refractivity contribution in [3.63, 3.8) is 0 Å². The van der Waals surface area contributed by atoms with Gasteiger partial charge in [-0.15, -0.1) is 0 Å². The van der Waals surface area contributed by atoms with Gasteiger partial charge in [0.2, 0.25) is 0 Å². The average molecular weight is 322 g/mol. The molecule has 0 aliphatic heterocycles. The number of rotatable bonds is 4. The summed E-state index contributed by atoms with van der Waals surface area (Å²) in [7, 11) is 1.91. The summed E-state index contributed by atoms with van der Waals surface area (Å²) in [6, 6.07) is 8.23. The van der Waals surface area contributed by atoms with Crippen molar-refractivity contribution < 1.29 is 0 Å². The van der Waals surface area contributed by atoms with Crippen molar-refractivity contribution >= 4 is 21.7 Å². The molecule has 2 aromatic rings. The third-order valence-electron chi connectivity index (χ3n) is 3.60. The molecule has 3 nitrogen and oxygen atoms in total. The lowest BCUT2D eigenvalue weighted by atomic mass is 9.93. The van der Waals surface area contributed by atoms with E-state index in [1.54, 1.807) is 4.68 Å². The van der Waals surface area contributed by atoms with Gasteiger partial charge in [0.15, 0.2) is 0 Å². The number of nitrogen functional groups attached to an aromatic ring is 1. The van der Waals surface area contributed by atoms with Crippen molar-refractivity contribution in [3.8, 4) is 11.1 Å². The highest BCUT2D eigenvalue weighted by molar-refractivity contribution is 9.10. The molecule has 0 saturated heterocycles. The third kappa shape index (κ3) is 2.68. The Hall–Kier alpha value is -1.29. The normalized spacial score (nSPS) is 11.2. The van der Waals surface area contributed by atoms with Crippen molar-refractivity contribution in [1.29, 1.82) is 0 Å². The first kappa shape index (κ1) is 14.1. The first-order valence-electron chi connectivity index (χ1n) is 6.66. The summed E-state index contributed by atoms with van der Waals surface area (Å²) in [6.07, 6.45) is 2.15. The van der Waals surface area contributed by atoms with Gasteiger partial charge in [-0.3, -0.25) is 4.68 Å². The van der Waals surface area contributed by atoms with E-state index in [0.717, 1.165) is 40.0 Å². The summed E-state index contributed by atoms with van der Waals surface area (Å²) in [5.74, 6) is 1.19. The highest BCUT2D eigenvalue weighted by atomic mass is 79.9. The molecule has 1 aromatic heterocycles. The Morgan fingerprint density at radius 2 is 2.00 bits per heavy atom. The van der Waals surface area contributed by atoms with E-state index in [4.69, 9.17) is 5.73 Å². The van der Waals surface area contributed by atoms with Gasteiger partial charge in [0.05, 0.1) is 5.69 Å². The van der Waals surface area contributed by atoms with E-state index in [2.05, 4.69) is 47.0 Å². The molecule has 0 atom stereocenters. The second kappa shape index (κ2) is 5.78. The maximum Gasteiger partial charge on any atom is 0.129 e. The molecule has 0 bridgehead atoms. The maximum atomic E-state index is 6.22. The van der Waals surface area contributed by atoms with Crippen LogP contribution < -0.4 is 5.73 Å². The molecule has 1 aromatic carbocycles. The second-order valence-corrected chi connectivity index (χ2v) is 5.71. The molecule has 2 rings (SSSR count). The minimum absolute atomic E-state index is 0.456. The number of halogens is 1. The number of aromatic nitrogens is 2. The fraction of sp³-hybridized carbons (Fsp3) is 0.400. The quantitative estimate of drug-likeness (QED) is 0.910. The molecule has 19 heavy (non-hydrogen) atoms. The summed E-state index contributed by atoms with van der Waals surface area (Å²) in [6.45, 7) is 4.40. The molecule has 2 N–H and O–H groups in total. The smallest absolute Gasteiger partial charge is 0.129 e. The summed E-state index contributed by atoms with van der Waals surface area (Å²) in [5.41, 5.74) is 9.54. The summed E-state index contributed by atoms with van der Waals surface area (Å²) in [4.78, 5) is 0. The van der Waals surface area contributed by atoms with Crippen LogP contribution in [0, 0.1) is 0 Å². The van der Waals surface area contributed by atoms with Gasteiger partial charge in [0.1, 0.15) is 5.82 Å². The minimum Gasteiger partial charge on any atom is -0.383 e. The molecule has 0 radical (unpaired) electrons. The highest BCUT2D eigenvalue weighted by Crippen LogP contribution is 2.36. The number of anilines is 1. The molecular formula is C15H20BrN3. The van der Waals surface area contributed by atoms with Crippen molar-refractivity contribution in [2.24, 2.45) is 7.05 Å². The minimum atomic E-state index is 0.456. The lowest BCUT2D eigenvalue weighted by molar-refractivity contribution is 0.606. The van der Waals surface area contributed by atoms with E-state index in [1.807, 2.05) is 19.2 Å². The van der Waals surface area contributed by atoms with Gasteiger partial charge in [-0.1, -0.05) is 41.9 Å². The van der Waals surface area contributed by atoms with E-state index in [-0.39, 0.29) is 0 Å². The maximum absolute atomic E-state index is 6.22. The number of benzene rings is 1. The Kier molecular flexibility index (Phi) is 4.30. The molecule has 1 heterocycles. The predicted molar refractivity (Wildman–Crippen MR) is 84.1 cm³/mol. The van der Waals surface area contributed by atoms with Gasteiger partial charge < -0.3 is 5.73 Å². The largest absolute Gasteiger partial charge is 0.383 e. The number of aryl methyl sites for hydroxylation is 1. The molecule has 0 unspecified atom stereocenters. The number of hydrogen-bond acceptors (Lipinski definition) is 2. The Morgan fingerprint density at radius 1 is 1.32 bits per heavy atom. The SMILES string of the molecule is CCC(CC)c1nn(C)c(N)c1-c1cccc(Br)c1. The average Bonchev–Trinajstić information content (AvgIpc) is 2.67. The molecule has 4 heteroatoms. The highest BCUT2D eigenvalue weighted by Gasteiger charge is 2.21. The number of nitrogens with two attached hydrogens (primary N) is 1. The first-order chi connectivity index (χ1) is 9.08. The van der Waals surface area contributed by atoms with Crippen LogP contribution >= 0.6 is 15.9 Å². The molecular weight excluding hydrogens is 302 g/mol. The van der Waals surface area contributed by atoms with Crippen LogP contribution in [0.15, 0.2) is 28.7 Å². The molecule has 0 spiro atoms. The Balaban J connectivity index is 2.61. The van der Waals surface area contributed by atoms with Crippen molar-refractivity contribution in [2.45, 2.75) is 32.6 Å². The van der Waals surface area contributed by atoms with Crippen LogP contribution in [-0.4, -0.2) is 9.78 Å². The Bertz CT molecular complexity index is 571. The number of nitrogens with zero attached hydrogens (tertiary/aromatic N) is 2. The standard InChI is InChI=1S/C15H20BrN3/c1-4-10(5-2)14-13(15(17)19(3)18-14)11-7-6-8-12(16)9-11/h6-10H,4-5,17H2,1-3H3.